The lowest BCUT2D eigenvalue weighted by Gasteiger charge is -2.34. The minimum atomic E-state index is 0. The Hall–Kier alpha value is -0.780. The Morgan fingerprint density at radius 2 is 2.14 bits per heavy atom. The first-order valence-corrected chi connectivity index (χ1v) is 7.82. The van der Waals surface area contributed by atoms with Crippen molar-refractivity contribution >= 4 is 34.2 Å². The van der Waals surface area contributed by atoms with Crippen LogP contribution >= 0.6 is 28.3 Å². The maximum atomic E-state index is 12.6. The van der Waals surface area contributed by atoms with Crippen molar-refractivity contribution in [2.75, 3.05) is 33.3 Å². The topological polar surface area (TPSA) is 41.6 Å². The first-order valence-electron chi connectivity index (χ1n) is 7.02. The lowest BCUT2D eigenvalue weighted by molar-refractivity contribution is 0.0642. The van der Waals surface area contributed by atoms with E-state index < -0.39 is 0 Å². The van der Waals surface area contributed by atoms with Gasteiger partial charge in [-0.1, -0.05) is 0 Å². The molecular weight excluding hydrogens is 356 g/mol. The molecule has 2 atom stereocenters. The van der Waals surface area contributed by atoms with Gasteiger partial charge in [0.1, 0.15) is 5.75 Å². The van der Waals surface area contributed by atoms with Crippen molar-refractivity contribution in [3.63, 3.8) is 0 Å². The van der Waals surface area contributed by atoms with Crippen molar-refractivity contribution in [1.82, 2.24) is 10.2 Å². The van der Waals surface area contributed by atoms with E-state index in [2.05, 4.69) is 21.2 Å². The zero-order valence-corrected chi connectivity index (χ0v) is 14.4. The van der Waals surface area contributed by atoms with Crippen LogP contribution in [-0.4, -0.2) is 44.1 Å². The Kier molecular flexibility index (Phi) is 5.52. The predicted octanol–water partition coefficient (Wildman–Crippen LogP) is 2.56. The molecule has 3 rings (SSSR count). The minimum Gasteiger partial charge on any atom is -0.496 e. The average molecular weight is 376 g/mol. The molecule has 0 bridgehead atoms. The molecule has 1 N–H and O–H groups in total. The highest BCUT2D eigenvalue weighted by Gasteiger charge is 2.34. The van der Waals surface area contributed by atoms with Gasteiger partial charge in [0.25, 0.3) is 5.91 Å². The summed E-state index contributed by atoms with van der Waals surface area (Å²) in [6.07, 6.45) is 1.11. The fourth-order valence-electron chi connectivity index (χ4n) is 3.20. The van der Waals surface area contributed by atoms with Gasteiger partial charge in [-0.3, -0.25) is 4.79 Å². The molecule has 4 nitrogen and oxygen atoms in total. The first kappa shape index (κ1) is 16.6. The molecule has 6 heteroatoms. The molecule has 0 saturated carbocycles. The number of nitrogens with zero attached hydrogens (tertiary/aromatic N) is 1. The van der Waals surface area contributed by atoms with Gasteiger partial charge in [0.2, 0.25) is 0 Å². The van der Waals surface area contributed by atoms with Crippen LogP contribution in [-0.2, 0) is 0 Å². The van der Waals surface area contributed by atoms with E-state index in [-0.39, 0.29) is 18.3 Å². The highest BCUT2D eigenvalue weighted by Crippen LogP contribution is 2.29. The van der Waals surface area contributed by atoms with Crippen LogP contribution in [0, 0.1) is 11.8 Å². The third-order valence-corrected chi connectivity index (χ3v) is 5.01. The molecule has 1 aromatic carbocycles. The van der Waals surface area contributed by atoms with Crippen molar-refractivity contribution in [1.29, 1.82) is 0 Å². The van der Waals surface area contributed by atoms with Crippen LogP contribution in [0.3, 0.4) is 0 Å². The third-order valence-electron chi connectivity index (χ3n) is 4.39. The highest BCUT2D eigenvalue weighted by atomic mass is 79.9. The Labute approximate surface area is 139 Å². The van der Waals surface area contributed by atoms with E-state index in [0.717, 1.165) is 54.3 Å². The van der Waals surface area contributed by atoms with Crippen LogP contribution in [0.15, 0.2) is 22.7 Å². The zero-order valence-electron chi connectivity index (χ0n) is 12.0. The van der Waals surface area contributed by atoms with E-state index in [4.69, 9.17) is 4.74 Å². The molecule has 0 radical (unpaired) electrons. The number of hydrogen-bond acceptors (Lipinski definition) is 3. The maximum Gasteiger partial charge on any atom is 0.253 e. The monoisotopic (exact) mass is 374 g/mol. The molecule has 1 aromatic rings. The van der Waals surface area contributed by atoms with Gasteiger partial charge >= 0.3 is 0 Å². The Bertz CT molecular complexity index is 526. The van der Waals surface area contributed by atoms with Crippen molar-refractivity contribution in [3.8, 4) is 5.75 Å². The third kappa shape index (κ3) is 3.35. The summed E-state index contributed by atoms with van der Waals surface area (Å²) in [6.45, 7) is 3.90. The normalized spacial score (nSPS) is 24.2. The van der Waals surface area contributed by atoms with Gasteiger partial charge in [-0.15, -0.1) is 12.4 Å². The van der Waals surface area contributed by atoms with Crippen LogP contribution < -0.4 is 10.1 Å². The van der Waals surface area contributed by atoms with Crippen LogP contribution in [0.1, 0.15) is 16.8 Å². The predicted molar refractivity (Wildman–Crippen MR) is 88.3 cm³/mol. The van der Waals surface area contributed by atoms with Crippen LogP contribution in [0.5, 0.6) is 5.75 Å². The van der Waals surface area contributed by atoms with E-state index >= 15 is 0 Å². The number of methoxy groups -OCH3 is 1. The molecule has 0 spiro atoms. The van der Waals surface area contributed by atoms with Gasteiger partial charge in [-0.25, -0.2) is 0 Å². The van der Waals surface area contributed by atoms with E-state index in [1.165, 1.54) is 0 Å². The van der Waals surface area contributed by atoms with E-state index in [9.17, 15) is 4.79 Å². The number of carbonyl (C=O) groups is 1. The largest absolute Gasteiger partial charge is 0.496 e. The number of likely N-dealkylation sites (tertiary alicyclic amines) is 1. The Morgan fingerprint density at radius 3 is 2.86 bits per heavy atom. The fraction of sp³-hybridized carbons (Fsp3) is 0.533. The van der Waals surface area contributed by atoms with Crippen molar-refractivity contribution < 1.29 is 9.53 Å². The second kappa shape index (κ2) is 6.99. The second-order valence-corrected chi connectivity index (χ2v) is 6.42. The molecule has 0 aliphatic carbocycles. The SMILES string of the molecule is COc1ccc(C(=O)N2CCC3CNCC3C2)cc1Br.Cl. The summed E-state index contributed by atoms with van der Waals surface area (Å²) in [4.78, 5) is 14.6. The fourth-order valence-corrected chi connectivity index (χ4v) is 3.74. The van der Waals surface area contributed by atoms with Crippen molar-refractivity contribution in [2.24, 2.45) is 11.8 Å². The van der Waals surface area contributed by atoms with E-state index in [1.54, 1.807) is 7.11 Å². The van der Waals surface area contributed by atoms with Crippen LogP contribution in [0.25, 0.3) is 0 Å². The molecule has 116 valence electrons. The van der Waals surface area contributed by atoms with Crippen LogP contribution in [0.2, 0.25) is 0 Å². The first-order chi connectivity index (χ1) is 9.69. The van der Waals surface area contributed by atoms with E-state index in [1.807, 2.05) is 23.1 Å². The summed E-state index contributed by atoms with van der Waals surface area (Å²) in [5.41, 5.74) is 0.724. The van der Waals surface area contributed by atoms with Gasteiger partial charge in [-0.2, -0.15) is 0 Å². The van der Waals surface area contributed by atoms with Gasteiger partial charge in [0.05, 0.1) is 11.6 Å². The summed E-state index contributed by atoms with van der Waals surface area (Å²) in [5.74, 6) is 2.25. The summed E-state index contributed by atoms with van der Waals surface area (Å²) >= 11 is 3.44. The number of nitrogens with one attached hydrogen (secondary N) is 1. The lowest BCUT2D eigenvalue weighted by atomic mass is 9.88. The zero-order chi connectivity index (χ0) is 14.1. The average Bonchev–Trinajstić information content (AvgIpc) is 2.93. The van der Waals surface area contributed by atoms with Gasteiger partial charge in [-0.05, 0) is 65.5 Å². The van der Waals surface area contributed by atoms with Crippen LogP contribution in [0.4, 0.5) is 0 Å². The smallest absolute Gasteiger partial charge is 0.253 e. The molecular formula is C15H20BrClN2O2. The van der Waals surface area contributed by atoms with Gasteiger partial charge in [0, 0.05) is 18.7 Å². The number of ether oxygens (including phenoxy) is 1. The number of amides is 1. The molecule has 1 amide bonds. The molecule has 2 heterocycles. The quantitative estimate of drug-likeness (QED) is 0.864. The summed E-state index contributed by atoms with van der Waals surface area (Å²) in [5, 5.41) is 3.43. The number of benzene rings is 1. The minimum absolute atomic E-state index is 0. The molecule has 0 aromatic heterocycles. The number of carbonyl (C=O) groups excluding carboxylic acids is 1. The maximum absolute atomic E-state index is 12.6. The molecule has 2 saturated heterocycles. The number of halogens is 2. The molecule has 2 unspecified atom stereocenters. The number of rotatable bonds is 2. The highest BCUT2D eigenvalue weighted by molar-refractivity contribution is 9.10. The number of hydrogen-bond donors (Lipinski definition) is 1. The number of piperidine rings is 1. The number of fused-ring (bicyclic) bond motifs is 1. The Morgan fingerprint density at radius 1 is 1.38 bits per heavy atom. The molecule has 2 aliphatic heterocycles. The summed E-state index contributed by atoms with van der Waals surface area (Å²) < 4.78 is 6.02. The van der Waals surface area contributed by atoms with E-state index in [0.29, 0.717) is 5.92 Å². The molecule has 2 aliphatic rings. The van der Waals surface area contributed by atoms with Gasteiger partial charge < -0.3 is 15.0 Å². The van der Waals surface area contributed by atoms with Crippen molar-refractivity contribution in [3.05, 3.63) is 28.2 Å². The standard InChI is InChI=1S/C15H19BrN2O2.ClH/c1-20-14-3-2-10(6-13(14)16)15(19)18-5-4-11-7-17-8-12(11)9-18;/h2-3,6,11-12,17H,4-5,7-9H2,1H3;1H. The molecule has 21 heavy (non-hydrogen) atoms. The summed E-state index contributed by atoms with van der Waals surface area (Å²) in [6, 6.07) is 5.52. The molecule has 2 fully saturated rings. The summed E-state index contributed by atoms with van der Waals surface area (Å²) in [7, 11) is 1.62. The van der Waals surface area contributed by atoms with Gasteiger partial charge in [0.15, 0.2) is 0 Å². The van der Waals surface area contributed by atoms with Crippen molar-refractivity contribution in [2.45, 2.75) is 6.42 Å². The second-order valence-electron chi connectivity index (χ2n) is 5.57. The lowest BCUT2D eigenvalue weighted by Crippen LogP contribution is -2.43. The Balaban J connectivity index is 0.00000161.